The third-order valence-corrected chi connectivity index (χ3v) is 3.64. The molecule has 2 aromatic carbocycles. The second-order valence-corrected chi connectivity index (χ2v) is 5.26. The van der Waals surface area contributed by atoms with E-state index in [1.165, 1.54) is 4.90 Å². The van der Waals surface area contributed by atoms with Crippen molar-refractivity contribution in [3.8, 4) is 0 Å². The molecule has 3 N–H and O–H groups in total. The number of ether oxygens (including phenoxy) is 1. The van der Waals surface area contributed by atoms with Crippen LogP contribution >= 0.6 is 11.8 Å². The summed E-state index contributed by atoms with van der Waals surface area (Å²) in [6, 6.07) is 13.2. The molecule has 0 saturated carbocycles. The van der Waals surface area contributed by atoms with E-state index in [2.05, 4.69) is 5.32 Å². The molecule has 0 bridgehead atoms. The SMILES string of the molecule is CCOC(=O)c1ccc(Nc2cccc(SC)c2)c(N)c1. The van der Waals surface area contributed by atoms with E-state index < -0.39 is 0 Å². The zero-order valence-electron chi connectivity index (χ0n) is 12.1. The van der Waals surface area contributed by atoms with Crippen LogP contribution in [0.5, 0.6) is 0 Å². The third-order valence-electron chi connectivity index (χ3n) is 2.91. The van der Waals surface area contributed by atoms with Crippen LogP contribution in [0.25, 0.3) is 0 Å². The number of rotatable bonds is 5. The number of anilines is 3. The molecule has 0 unspecified atom stereocenters. The van der Waals surface area contributed by atoms with E-state index in [0.717, 1.165) is 11.4 Å². The van der Waals surface area contributed by atoms with Gasteiger partial charge >= 0.3 is 5.97 Å². The Morgan fingerprint density at radius 3 is 2.76 bits per heavy atom. The summed E-state index contributed by atoms with van der Waals surface area (Å²) in [5.41, 5.74) is 8.68. The largest absolute Gasteiger partial charge is 0.462 e. The van der Waals surface area contributed by atoms with Gasteiger partial charge in [0, 0.05) is 10.6 Å². The maximum atomic E-state index is 11.6. The van der Waals surface area contributed by atoms with Crippen LogP contribution in [0.1, 0.15) is 17.3 Å². The van der Waals surface area contributed by atoms with Crippen LogP contribution in [-0.4, -0.2) is 18.8 Å². The van der Waals surface area contributed by atoms with E-state index in [1.807, 2.05) is 30.5 Å². The first kappa shape index (κ1) is 15.3. The molecule has 2 rings (SSSR count). The lowest BCUT2D eigenvalue weighted by Gasteiger charge is -2.11. The maximum Gasteiger partial charge on any atom is 0.338 e. The van der Waals surface area contributed by atoms with E-state index in [-0.39, 0.29) is 5.97 Å². The molecule has 0 aliphatic rings. The first-order chi connectivity index (χ1) is 10.1. The molecule has 4 nitrogen and oxygen atoms in total. The van der Waals surface area contributed by atoms with Gasteiger partial charge in [0.15, 0.2) is 0 Å². The highest BCUT2D eigenvalue weighted by atomic mass is 32.2. The highest BCUT2D eigenvalue weighted by Gasteiger charge is 2.09. The minimum Gasteiger partial charge on any atom is -0.462 e. The molecular weight excluding hydrogens is 284 g/mol. The molecule has 0 atom stereocenters. The summed E-state index contributed by atoms with van der Waals surface area (Å²) in [4.78, 5) is 12.8. The van der Waals surface area contributed by atoms with E-state index in [9.17, 15) is 4.79 Å². The smallest absolute Gasteiger partial charge is 0.338 e. The monoisotopic (exact) mass is 302 g/mol. The van der Waals surface area contributed by atoms with E-state index in [0.29, 0.717) is 17.9 Å². The maximum absolute atomic E-state index is 11.6. The molecule has 5 heteroatoms. The number of hydrogen-bond donors (Lipinski definition) is 2. The second kappa shape index (κ2) is 7.04. The van der Waals surface area contributed by atoms with Crippen molar-refractivity contribution in [3.63, 3.8) is 0 Å². The Kier molecular flexibility index (Phi) is 5.11. The number of benzene rings is 2. The van der Waals surface area contributed by atoms with Crippen LogP contribution < -0.4 is 11.1 Å². The zero-order valence-corrected chi connectivity index (χ0v) is 12.9. The van der Waals surface area contributed by atoms with Crippen molar-refractivity contribution in [1.29, 1.82) is 0 Å². The molecular formula is C16H18N2O2S. The van der Waals surface area contributed by atoms with Crippen molar-refractivity contribution in [3.05, 3.63) is 48.0 Å². The van der Waals surface area contributed by atoms with Crippen LogP contribution in [0, 0.1) is 0 Å². The highest BCUT2D eigenvalue weighted by Crippen LogP contribution is 2.26. The molecule has 0 amide bonds. The zero-order chi connectivity index (χ0) is 15.2. The highest BCUT2D eigenvalue weighted by molar-refractivity contribution is 7.98. The lowest BCUT2D eigenvalue weighted by molar-refractivity contribution is 0.0526. The summed E-state index contributed by atoms with van der Waals surface area (Å²) in [5.74, 6) is -0.361. The average molecular weight is 302 g/mol. The Morgan fingerprint density at radius 2 is 2.10 bits per heavy atom. The first-order valence-corrected chi connectivity index (χ1v) is 7.84. The van der Waals surface area contributed by atoms with Crippen LogP contribution in [0.2, 0.25) is 0 Å². The number of carbonyl (C=O) groups is 1. The number of nitrogen functional groups attached to an aromatic ring is 1. The van der Waals surface area contributed by atoms with Gasteiger partial charge in [-0.2, -0.15) is 0 Å². The summed E-state index contributed by atoms with van der Waals surface area (Å²) < 4.78 is 4.95. The summed E-state index contributed by atoms with van der Waals surface area (Å²) in [7, 11) is 0. The van der Waals surface area contributed by atoms with Crippen molar-refractivity contribution >= 4 is 34.8 Å². The molecule has 0 radical (unpaired) electrons. The fourth-order valence-electron chi connectivity index (χ4n) is 1.87. The quantitative estimate of drug-likeness (QED) is 0.498. The molecule has 2 aromatic rings. The molecule has 0 aliphatic heterocycles. The molecule has 0 saturated heterocycles. The number of hydrogen-bond acceptors (Lipinski definition) is 5. The number of nitrogens with one attached hydrogen (secondary N) is 1. The van der Waals surface area contributed by atoms with Crippen molar-refractivity contribution in [2.75, 3.05) is 23.9 Å². The van der Waals surface area contributed by atoms with Gasteiger partial charge in [-0.15, -0.1) is 11.8 Å². The van der Waals surface area contributed by atoms with Gasteiger partial charge in [-0.25, -0.2) is 4.79 Å². The van der Waals surface area contributed by atoms with Gasteiger partial charge in [0.1, 0.15) is 0 Å². The number of thioether (sulfide) groups is 1. The summed E-state index contributed by atoms with van der Waals surface area (Å²) in [5, 5.41) is 3.25. The lowest BCUT2D eigenvalue weighted by Crippen LogP contribution is -2.06. The van der Waals surface area contributed by atoms with Crippen molar-refractivity contribution in [2.24, 2.45) is 0 Å². The van der Waals surface area contributed by atoms with Crippen LogP contribution in [0.4, 0.5) is 17.1 Å². The minimum atomic E-state index is -0.361. The number of esters is 1. The molecule has 21 heavy (non-hydrogen) atoms. The van der Waals surface area contributed by atoms with Crippen LogP contribution in [0.15, 0.2) is 47.4 Å². The van der Waals surface area contributed by atoms with E-state index >= 15 is 0 Å². The number of nitrogens with two attached hydrogens (primary N) is 1. The fourth-order valence-corrected chi connectivity index (χ4v) is 2.33. The van der Waals surface area contributed by atoms with Crippen LogP contribution in [0.3, 0.4) is 0 Å². The Hall–Kier alpha value is -2.14. The Balaban J connectivity index is 2.19. The van der Waals surface area contributed by atoms with Gasteiger partial charge in [-0.05, 0) is 49.6 Å². The molecule has 0 spiro atoms. The van der Waals surface area contributed by atoms with Gasteiger partial charge in [0.2, 0.25) is 0 Å². The van der Waals surface area contributed by atoms with Crippen LogP contribution in [-0.2, 0) is 4.74 Å². The first-order valence-electron chi connectivity index (χ1n) is 6.61. The van der Waals surface area contributed by atoms with Gasteiger partial charge in [-0.1, -0.05) is 6.07 Å². The Labute approximate surface area is 128 Å². The molecule has 110 valence electrons. The predicted octanol–water partition coefficient (Wildman–Crippen LogP) is 3.91. The average Bonchev–Trinajstić information content (AvgIpc) is 2.49. The Morgan fingerprint density at radius 1 is 1.29 bits per heavy atom. The number of carbonyl (C=O) groups excluding carboxylic acids is 1. The normalized spacial score (nSPS) is 10.2. The fraction of sp³-hybridized carbons (Fsp3) is 0.188. The predicted molar refractivity (Wildman–Crippen MR) is 88.3 cm³/mol. The summed E-state index contributed by atoms with van der Waals surface area (Å²) >= 11 is 1.68. The molecule has 0 fully saturated rings. The topological polar surface area (TPSA) is 64.3 Å². The second-order valence-electron chi connectivity index (χ2n) is 4.38. The van der Waals surface area contributed by atoms with Gasteiger partial charge < -0.3 is 15.8 Å². The summed E-state index contributed by atoms with van der Waals surface area (Å²) in [6.07, 6.45) is 2.03. The molecule has 0 heterocycles. The standard InChI is InChI=1S/C16H18N2O2S/c1-3-20-16(19)11-7-8-15(14(17)9-11)18-12-5-4-6-13(10-12)21-2/h4-10,18H,3,17H2,1-2H3. The van der Waals surface area contributed by atoms with Crippen molar-refractivity contribution < 1.29 is 9.53 Å². The summed E-state index contributed by atoms with van der Waals surface area (Å²) in [6.45, 7) is 2.12. The van der Waals surface area contributed by atoms with Gasteiger partial charge in [0.05, 0.1) is 23.5 Å². The minimum absolute atomic E-state index is 0.347. The van der Waals surface area contributed by atoms with E-state index in [4.69, 9.17) is 10.5 Å². The van der Waals surface area contributed by atoms with Gasteiger partial charge in [-0.3, -0.25) is 0 Å². The molecule has 0 aliphatic carbocycles. The molecule has 0 aromatic heterocycles. The Bertz CT molecular complexity index is 644. The van der Waals surface area contributed by atoms with E-state index in [1.54, 1.807) is 36.9 Å². The third kappa shape index (κ3) is 3.92. The van der Waals surface area contributed by atoms with Crippen molar-refractivity contribution in [1.82, 2.24) is 0 Å². The lowest BCUT2D eigenvalue weighted by atomic mass is 10.1. The van der Waals surface area contributed by atoms with Gasteiger partial charge in [0.25, 0.3) is 0 Å². The van der Waals surface area contributed by atoms with Crippen molar-refractivity contribution in [2.45, 2.75) is 11.8 Å².